The van der Waals surface area contributed by atoms with Crippen molar-refractivity contribution in [3.8, 4) is 0 Å². The first-order valence-electron chi connectivity index (χ1n) is 3.33. The standard InChI is InChI=1S/C6H10O4/c7-2-6-3-9-4(1-10-6)5(6)8/h4-5,7-8H,1-3H2/t4?,5-,6?/m0/s1. The van der Waals surface area contributed by atoms with E-state index in [9.17, 15) is 5.11 Å². The van der Waals surface area contributed by atoms with Gasteiger partial charge in [0.15, 0.2) is 0 Å². The molecule has 2 rings (SSSR count). The molecule has 4 nitrogen and oxygen atoms in total. The number of hydrogen-bond acceptors (Lipinski definition) is 4. The van der Waals surface area contributed by atoms with Crippen LogP contribution in [-0.2, 0) is 9.47 Å². The summed E-state index contributed by atoms with van der Waals surface area (Å²) in [6, 6.07) is 0. The molecule has 2 bridgehead atoms. The molecule has 0 aromatic carbocycles. The second-order valence-corrected chi connectivity index (χ2v) is 2.83. The normalized spacial score (nSPS) is 52.2. The molecule has 0 aliphatic carbocycles. The summed E-state index contributed by atoms with van der Waals surface area (Å²) in [6.07, 6.45) is -0.857. The van der Waals surface area contributed by atoms with Crippen molar-refractivity contribution in [2.75, 3.05) is 19.8 Å². The molecule has 3 atom stereocenters. The van der Waals surface area contributed by atoms with Crippen molar-refractivity contribution < 1.29 is 19.7 Å². The molecule has 58 valence electrons. The van der Waals surface area contributed by atoms with E-state index in [1.165, 1.54) is 0 Å². The Morgan fingerprint density at radius 2 is 2.40 bits per heavy atom. The maximum absolute atomic E-state index is 9.37. The maximum atomic E-state index is 9.37. The van der Waals surface area contributed by atoms with E-state index in [4.69, 9.17) is 14.6 Å². The minimum Gasteiger partial charge on any atom is -0.393 e. The van der Waals surface area contributed by atoms with Crippen molar-refractivity contribution >= 4 is 0 Å². The molecular weight excluding hydrogens is 136 g/mol. The van der Waals surface area contributed by atoms with Crippen LogP contribution in [0.15, 0.2) is 0 Å². The van der Waals surface area contributed by atoms with Crippen molar-refractivity contribution in [1.29, 1.82) is 0 Å². The van der Waals surface area contributed by atoms with Crippen LogP contribution in [0.25, 0.3) is 0 Å². The van der Waals surface area contributed by atoms with Gasteiger partial charge in [-0.15, -0.1) is 0 Å². The smallest absolute Gasteiger partial charge is 0.143 e. The van der Waals surface area contributed by atoms with Crippen LogP contribution in [0.1, 0.15) is 0 Å². The van der Waals surface area contributed by atoms with E-state index in [2.05, 4.69) is 0 Å². The van der Waals surface area contributed by atoms with Crippen LogP contribution in [-0.4, -0.2) is 47.8 Å². The minimum absolute atomic E-state index is 0.162. The Morgan fingerprint density at radius 1 is 1.60 bits per heavy atom. The third kappa shape index (κ3) is 0.594. The minimum atomic E-state index is -0.801. The van der Waals surface area contributed by atoms with Gasteiger partial charge in [0.25, 0.3) is 0 Å². The van der Waals surface area contributed by atoms with Gasteiger partial charge in [0, 0.05) is 0 Å². The maximum Gasteiger partial charge on any atom is 0.143 e. The van der Waals surface area contributed by atoms with Crippen LogP contribution < -0.4 is 0 Å². The van der Waals surface area contributed by atoms with Crippen molar-refractivity contribution in [2.45, 2.75) is 17.8 Å². The van der Waals surface area contributed by atoms with Crippen molar-refractivity contribution in [3.63, 3.8) is 0 Å². The lowest BCUT2D eigenvalue weighted by Gasteiger charge is -2.23. The number of ether oxygens (including phenoxy) is 2. The molecule has 2 unspecified atom stereocenters. The first-order valence-corrected chi connectivity index (χ1v) is 3.33. The lowest BCUT2D eigenvalue weighted by atomic mass is 10.0. The fourth-order valence-electron chi connectivity index (χ4n) is 1.46. The van der Waals surface area contributed by atoms with Crippen LogP contribution in [0, 0.1) is 0 Å². The Kier molecular flexibility index (Phi) is 1.25. The monoisotopic (exact) mass is 146 g/mol. The predicted octanol–water partition coefficient (Wildman–Crippen LogP) is -1.49. The Balaban J connectivity index is 2.22. The van der Waals surface area contributed by atoms with E-state index in [1.54, 1.807) is 0 Å². The number of fused-ring (bicyclic) bond motifs is 2. The molecule has 10 heavy (non-hydrogen) atoms. The molecule has 2 aliphatic heterocycles. The van der Waals surface area contributed by atoms with Gasteiger partial charge in [-0.2, -0.15) is 0 Å². The predicted molar refractivity (Wildman–Crippen MR) is 31.5 cm³/mol. The van der Waals surface area contributed by atoms with Gasteiger partial charge in [-0.1, -0.05) is 0 Å². The average molecular weight is 146 g/mol. The topological polar surface area (TPSA) is 58.9 Å². The zero-order chi connectivity index (χ0) is 7.19. The Morgan fingerprint density at radius 3 is 2.60 bits per heavy atom. The summed E-state index contributed by atoms with van der Waals surface area (Å²) >= 11 is 0. The lowest BCUT2D eigenvalue weighted by molar-refractivity contribution is -0.122. The van der Waals surface area contributed by atoms with Crippen LogP contribution in [0.2, 0.25) is 0 Å². The van der Waals surface area contributed by atoms with E-state index in [-0.39, 0.29) is 12.7 Å². The largest absolute Gasteiger partial charge is 0.393 e. The molecule has 0 amide bonds. The summed E-state index contributed by atoms with van der Waals surface area (Å²) in [5, 5.41) is 18.2. The van der Waals surface area contributed by atoms with Gasteiger partial charge in [0.05, 0.1) is 19.8 Å². The Bertz CT molecular complexity index is 139. The lowest BCUT2D eigenvalue weighted by Crippen LogP contribution is -2.43. The Labute approximate surface area is 58.4 Å². The first kappa shape index (κ1) is 6.54. The highest BCUT2D eigenvalue weighted by Gasteiger charge is 2.55. The molecule has 2 saturated heterocycles. The summed E-state index contributed by atoms with van der Waals surface area (Å²) in [7, 11) is 0. The molecular formula is C6H10O4. The fraction of sp³-hybridized carbons (Fsp3) is 1.00. The van der Waals surface area contributed by atoms with Gasteiger partial charge in [-0.05, 0) is 0 Å². The van der Waals surface area contributed by atoms with E-state index in [1.807, 2.05) is 0 Å². The van der Waals surface area contributed by atoms with Crippen LogP contribution >= 0.6 is 0 Å². The summed E-state index contributed by atoms with van der Waals surface area (Å²) < 4.78 is 10.3. The van der Waals surface area contributed by atoms with E-state index in [0.29, 0.717) is 13.2 Å². The molecule has 0 saturated carbocycles. The van der Waals surface area contributed by atoms with E-state index >= 15 is 0 Å². The molecule has 2 aliphatic rings. The molecule has 0 aromatic heterocycles. The summed E-state index contributed by atoms with van der Waals surface area (Å²) in [4.78, 5) is 0. The van der Waals surface area contributed by atoms with Gasteiger partial charge in [-0.3, -0.25) is 0 Å². The van der Waals surface area contributed by atoms with E-state index < -0.39 is 11.7 Å². The average Bonchev–Trinajstić information content (AvgIpc) is 2.46. The molecule has 2 heterocycles. The second-order valence-electron chi connectivity index (χ2n) is 2.83. The van der Waals surface area contributed by atoms with E-state index in [0.717, 1.165) is 0 Å². The third-order valence-electron chi connectivity index (χ3n) is 2.24. The van der Waals surface area contributed by atoms with Gasteiger partial charge >= 0.3 is 0 Å². The molecule has 0 aromatic rings. The SMILES string of the molecule is OCC12COC(CO1)[C@@H]2O. The van der Waals surface area contributed by atoms with Crippen molar-refractivity contribution in [1.82, 2.24) is 0 Å². The van der Waals surface area contributed by atoms with Crippen LogP contribution in [0.5, 0.6) is 0 Å². The molecule has 0 radical (unpaired) electrons. The highest BCUT2D eigenvalue weighted by molar-refractivity contribution is 5.03. The number of hydrogen-bond donors (Lipinski definition) is 2. The Hall–Kier alpha value is -0.160. The van der Waals surface area contributed by atoms with Crippen molar-refractivity contribution in [2.24, 2.45) is 0 Å². The van der Waals surface area contributed by atoms with Crippen LogP contribution in [0.3, 0.4) is 0 Å². The second kappa shape index (κ2) is 1.92. The van der Waals surface area contributed by atoms with Gasteiger partial charge in [0.1, 0.15) is 17.8 Å². The summed E-state index contributed by atoms with van der Waals surface area (Å²) in [6.45, 7) is 0.557. The number of rotatable bonds is 1. The third-order valence-corrected chi connectivity index (χ3v) is 2.24. The first-order chi connectivity index (χ1) is 4.78. The highest BCUT2D eigenvalue weighted by atomic mass is 16.6. The number of aliphatic hydroxyl groups is 2. The molecule has 4 heteroatoms. The summed E-state index contributed by atoms with van der Waals surface area (Å²) in [5.41, 5.74) is -0.801. The van der Waals surface area contributed by atoms with Gasteiger partial charge in [0.2, 0.25) is 0 Å². The fourth-order valence-corrected chi connectivity index (χ4v) is 1.46. The van der Waals surface area contributed by atoms with Gasteiger partial charge < -0.3 is 19.7 Å². The quantitative estimate of drug-likeness (QED) is 0.473. The summed E-state index contributed by atoms with van der Waals surface area (Å²) in [5.74, 6) is 0. The van der Waals surface area contributed by atoms with Crippen LogP contribution in [0.4, 0.5) is 0 Å². The highest BCUT2D eigenvalue weighted by Crippen LogP contribution is 2.34. The van der Waals surface area contributed by atoms with Gasteiger partial charge in [-0.25, -0.2) is 0 Å². The zero-order valence-corrected chi connectivity index (χ0v) is 5.49. The van der Waals surface area contributed by atoms with Crippen molar-refractivity contribution in [3.05, 3.63) is 0 Å². The number of aliphatic hydroxyl groups excluding tert-OH is 2. The molecule has 2 fully saturated rings. The molecule has 2 N–H and O–H groups in total. The molecule has 0 spiro atoms. The zero-order valence-electron chi connectivity index (χ0n) is 5.49.